The molecule has 4 aromatic rings. The molecule has 9 nitrogen and oxygen atoms in total. The minimum Gasteiger partial charge on any atom is -0.378 e. The number of amides is 2. The van der Waals surface area contributed by atoms with E-state index in [9.17, 15) is 9.59 Å². The van der Waals surface area contributed by atoms with Crippen LogP contribution >= 0.6 is 0 Å². The lowest BCUT2D eigenvalue weighted by Gasteiger charge is -2.43. The Labute approximate surface area is 233 Å². The van der Waals surface area contributed by atoms with Crippen LogP contribution in [-0.2, 0) is 29.2 Å². The number of nitrogens with zero attached hydrogens (tertiary/aromatic N) is 5. The molecule has 1 saturated heterocycles. The summed E-state index contributed by atoms with van der Waals surface area (Å²) in [5.41, 5.74) is 3.91. The van der Waals surface area contributed by atoms with Crippen LogP contribution in [0, 0.1) is 0 Å². The first-order chi connectivity index (χ1) is 19.5. The minimum absolute atomic E-state index is 0.225. The Morgan fingerprint density at radius 1 is 1.00 bits per heavy atom. The number of pyridine rings is 1. The van der Waals surface area contributed by atoms with Crippen molar-refractivity contribution in [3.05, 3.63) is 102 Å². The van der Waals surface area contributed by atoms with Crippen LogP contribution in [0.3, 0.4) is 0 Å². The van der Waals surface area contributed by atoms with Gasteiger partial charge in [-0.05, 0) is 42.3 Å². The third-order valence-corrected chi connectivity index (χ3v) is 7.69. The smallest absolute Gasteiger partial charge is 0.273 e. The number of benzene rings is 2. The number of rotatable bonds is 7. The number of carbonyl (C=O) groups excluding carboxylic acids is 2. The summed E-state index contributed by atoms with van der Waals surface area (Å²) in [5, 5.41) is 7.77. The van der Waals surface area contributed by atoms with Crippen LogP contribution in [-0.4, -0.2) is 63.3 Å². The van der Waals surface area contributed by atoms with E-state index in [1.165, 1.54) is 0 Å². The summed E-state index contributed by atoms with van der Waals surface area (Å²) in [6.45, 7) is 5.82. The van der Waals surface area contributed by atoms with E-state index in [0.717, 1.165) is 48.7 Å². The lowest BCUT2D eigenvalue weighted by atomic mass is 9.94. The molecular weight excluding hydrogens is 504 g/mol. The predicted molar refractivity (Wildman–Crippen MR) is 151 cm³/mol. The van der Waals surface area contributed by atoms with E-state index in [0.29, 0.717) is 24.5 Å². The zero-order valence-electron chi connectivity index (χ0n) is 22.5. The average Bonchev–Trinajstić information content (AvgIpc) is 3.44. The Morgan fingerprint density at radius 2 is 1.77 bits per heavy atom. The van der Waals surface area contributed by atoms with Gasteiger partial charge in [0.2, 0.25) is 5.91 Å². The number of morpholine rings is 1. The fourth-order valence-electron chi connectivity index (χ4n) is 5.33. The number of hydrogen-bond acceptors (Lipinski definition) is 6. The summed E-state index contributed by atoms with van der Waals surface area (Å²) >= 11 is 0. The highest BCUT2D eigenvalue weighted by molar-refractivity contribution is 6.00. The zero-order valence-corrected chi connectivity index (χ0v) is 22.5. The number of ether oxygens (including phenoxy) is 1. The number of fused-ring (bicyclic) bond motifs is 1. The largest absolute Gasteiger partial charge is 0.378 e. The highest BCUT2D eigenvalue weighted by Crippen LogP contribution is 2.32. The Hall–Kier alpha value is -4.50. The first-order valence-corrected chi connectivity index (χ1v) is 13.6. The molecular formula is C31H32N6O3. The van der Waals surface area contributed by atoms with E-state index in [2.05, 4.69) is 27.3 Å². The molecule has 0 radical (unpaired) electrons. The number of aromatic nitrogens is 3. The van der Waals surface area contributed by atoms with Crippen LogP contribution in [0.25, 0.3) is 11.3 Å². The van der Waals surface area contributed by atoms with Crippen LogP contribution in [0.5, 0.6) is 0 Å². The van der Waals surface area contributed by atoms with Crippen LogP contribution in [0.4, 0.5) is 5.69 Å². The SMILES string of the molecule is C[C@@]1(C(=O)NCc2cccnc2)Cn2nc(-c3ccccc3)cc2C(=O)N1Cc1ccc(N2CCOCC2)cc1. The van der Waals surface area contributed by atoms with Crippen molar-refractivity contribution < 1.29 is 14.3 Å². The molecule has 1 atom stereocenters. The van der Waals surface area contributed by atoms with Gasteiger partial charge in [-0.2, -0.15) is 5.10 Å². The topological polar surface area (TPSA) is 92.6 Å². The van der Waals surface area contributed by atoms with Crippen molar-refractivity contribution >= 4 is 17.5 Å². The first kappa shape index (κ1) is 25.8. The molecule has 2 aromatic heterocycles. The van der Waals surface area contributed by atoms with Crippen molar-refractivity contribution in [1.29, 1.82) is 0 Å². The van der Waals surface area contributed by atoms with Gasteiger partial charge in [-0.1, -0.05) is 48.5 Å². The summed E-state index contributed by atoms with van der Waals surface area (Å²) in [5.74, 6) is -0.464. The highest BCUT2D eigenvalue weighted by atomic mass is 16.5. The van der Waals surface area contributed by atoms with E-state index in [4.69, 9.17) is 9.84 Å². The van der Waals surface area contributed by atoms with Gasteiger partial charge in [0.25, 0.3) is 5.91 Å². The summed E-state index contributed by atoms with van der Waals surface area (Å²) in [6.07, 6.45) is 3.42. The molecule has 40 heavy (non-hydrogen) atoms. The van der Waals surface area contributed by atoms with E-state index in [1.807, 2.05) is 67.6 Å². The Bertz CT molecular complexity index is 1480. The average molecular weight is 537 g/mol. The Kier molecular flexibility index (Phi) is 7.04. The van der Waals surface area contributed by atoms with Crippen molar-refractivity contribution in [2.45, 2.75) is 32.1 Å². The summed E-state index contributed by atoms with van der Waals surface area (Å²) in [7, 11) is 0. The molecule has 204 valence electrons. The second-order valence-corrected chi connectivity index (χ2v) is 10.4. The van der Waals surface area contributed by atoms with Gasteiger partial charge in [0, 0.05) is 49.8 Å². The Morgan fingerprint density at radius 3 is 2.50 bits per heavy atom. The third-order valence-electron chi connectivity index (χ3n) is 7.69. The van der Waals surface area contributed by atoms with E-state index in [-0.39, 0.29) is 18.4 Å². The normalized spacial score (nSPS) is 18.9. The second kappa shape index (κ2) is 10.9. The number of anilines is 1. The molecule has 2 amide bonds. The monoisotopic (exact) mass is 536 g/mol. The van der Waals surface area contributed by atoms with Crippen LogP contribution in [0.2, 0.25) is 0 Å². The highest BCUT2D eigenvalue weighted by Gasteiger charge is 2.48. The molecule has 1 N–H and O–H groups in total. The summed E-state index contributed by atoms with van der Waals surface area (Å²) in [6, 6.07) is 23.5. The number of carbonyl (C=O) groups is 2. The molecule has 6 rings (SSSR count). The molecule has 0 bridgehead atoms. The van der Waals surface area contributed by atoms with Crippen molar-refractivity contribution in [2.75, 3.05) is 31.2 Å². The van der Waals surface area contributed by atoms with E-state index in [1.54, 1.807) is 22.0 Å². The van der Waals surface area contributed by atoms with Gasteiger partial charge in [0.05, 0.1) is 25.5 Å². The van der Waals surface area contributed by atoms with Gasteiger partial charge in [-0.3, -0.25) is 19.3 Å². The molecule has 2 aromatic carbocycles. The summed E-state index contributed by atoms with van der Waals surface area (Å²) < 4.78 is 7.15. The molecule has 2 aliphatic rings. The van der Waals surface area contributed by atoms with Gasteiger partial charge in [0.1, 0.15) is 11.2 Å². The maximum Gasteiger partial charge on any atom is 0.273 e. The number of nitrogens with one attached hydrogen (secondary N) is 1. The molecule has 4 heterocycles. The molecule has 0 aliphatic carbocycles. The maximum absolute atomic E-state index is 14.0. The Balaban J connectivity index is 1.30. The molecule has 0 spiro atoms. The molecule has 2 aliphatic heterocycles. The quantitative estimate of drug-likeness (QED) is 0.389. The van der Waals surface area contributed by atoms with E-state index >= 15 is 0 Å². The van der Waals surface area contributed by atoms with Crippen LogP contribution in [0.1, 0.15) is 28.5 Å². The lowest BCUT2D eigenvalue weighted by Crippen LogP contribution is -2.63. The van der Waals surface area contributed by atoms with Crippen LogP contribution in [0.15, 0.2) is 85.2 Å². The van der Waals surface area contributed by atoms with Crippen molar-refractivity contribution in [3.8, 4) is 11.3 Å². The molecule has 0 unspecified atom stereocenters. The minimum atomic E-state index is -1.16. The maximum atomic E-state index is 14.0. The fraction of sp³-hybridized carbons (Fsp3) is 0.290. The fourth-order valence-corrected chi connectivity index (χ4v) is 5.33. The van der Waals surface area contributed by atoms with Gasteiger partial charge >= 0.3 is 0 Å². The number of hydrogen-bond donors (Lipinski definition) is 1. The predicted octanol–water partition coefficient (Wildman–Crippen LogP) is 3.51. The van der Waals surface area contributed by atoms with Gasteiger partial charge in [-0.25, -0.2) is 0 Å². The van der Waals surface area contributed by atoms with Gasteiger partial charge in [-0.15, -0.1) is 0 Å². The zero-order chi connectivity index (χ0) is 27.5. The third kappa shape index (κ3) is 5.08. The molecule has 9 heteroatoms. The van der Waals surface area contributed by atoms with Crippen molar-refractivity contribution in [2.24, 2.45) is 0 Å². The second-order valence-electron chi connectivity index (χ2n) is 10.4. The van der Waals surface area contributed by atoms with Crippen molar-refractivity contribution in [3.63, 3.8) is 0 Å². The molecule has 1 fully saturated rings. The molecule has 0 saturated carbocycles. The van der Waals surface area contributed by atoms with Gasteiger partial charge < -0.3 is 19.9 Å². The first-order valence-electron chi connectivity index (χ1n) is 13.6. The van der Waals surface area contributed by atoms with E-state index < -0.39 is 5.54 Å². The van der Waals surface area contributed by atoms with Crippen molar-refractivity contribution in [1.82, 2.24) is 25.0 Å². The van der Waals surface area contributed by atoms with Crippen LogP contribution < -0.4 is 10.2 Å². The van der Waals surface area contributed by atoms with Gasteiger partial charge in [0.15, 0.2) is 0 Å². The summed E-state index contributed by atoms with van der Waals surface area (Å²) in [4.78, 5) is 35.9. The standard InChI is InChI=1S/C31H32N6O3/c1-31(30(39)33-20-24-6-5-13-32-19-24)22-37-28(18-27(34-37)25-7-3-2-4-8-25)29(38)36(31)21-23-9-11-26(12-10-23)35-14-16-40-17-15-35/h2-13,18-19H,14-17,20-22H2,1H3,(H,33,39)/t31-/m0/s1. The lowest BCUT2D eigenvalue weighted by molar-refractivity contribution is -0.133.